The van der Waals surface area contributed by atoms with Crippen molar-refractivity contribution in [1.29, 1.82) is 0 Å². The van der Waals surface area contributed by atoms with Crippen LogP contribution in [-0.4, -0.2) is 0 Å². The summed E-state index contributed by atoms with van der Waals surface area (Å²) in [7, 11) is 0. The van der Waals surface area contributed by atoms with Gasteiger partial charge < -0.3 is 0 Å². The van der Waals surface area contributed by atoms with Gasteiger partial charge in [0.2, 0.25) is 0 Å². The van der Waals surface area contributed by atoms with Gasteiger partial charge in [-0.25, -0.2) is 4.39 Å². The van der Waals surface area contributed by atoms with Crippen LogP contribution in [0.3, 0.4) is 0 Å². The van der Waals surface area contributed by atoms with E-state index in [4.69, 9.17) is 0 Å². The summed E-state index contributed by atoms with van der Waals surface area (Å²) in [6.45, 7) is 22.6. The van der Waals surface area contributed by atoms with E-state index in [0.29, 0.717) is 11.8 Å². The molecular formula is C30H41F. The van der Waals surface area contributed by atoms with Gasteiger partial charge in [-0.3, -0.25) is 0 Å². The fraction of sp³-hybridized carbons (Fsp3) is 0.533. The van der Waals surface area contributed by atoms with Gasteiger partial charge in [0.15, 0.2) is 0 Å². The molecule has 0 aromatic heterocycles. The van der Waals surface area contributed by atoms with Gasteiger partial charge in [-0.15, -0.1) is 0 Å². The molecular weight excluding hydrogens is 379 g/mol. The first kappa shape index (κ1) is 23.8. The molecule has 0 saturated heterocycles. The highest BCUT2D eigenvalue weighted by molar-refractivity contribution is 5.71. The maximum atomic E-state index is 15.6. The van der Waals surface area contributed by atoms with Crippen molar-refractivity contribution in [2.45, 2.75) is 74.7 Å². The van der Waals surface area contributed by atoms with Crippen molar-refractivity contribution in [2.24, 2.45) is 28.6 Å². The Morgan fingerprint density at radius 3 is 2.42 bits per heavy atom. The highest BCUT2D eigenvalue weighted by Gasteiger charge is 2.49. The van der Waals surface area contributed by atoms with Crippen molar-refractivity contribution in [1.82, 2.24) is 0 Å². The largest absolute Gasteiger partial charge is 0.207 e. The summed E-state index contributed by atoms with van der Waals surface area (Å²) in [4.78, 5) is 0. The number of rotatable bonds is 5. The molecule has 0 aliphatic heterocycles. The maximum Gasteiger partial charge on any atom is 0.123 e. The van der Waals surface area contributed by atoms with Crippen LogP contribution < -0.4 is 0 Å². The molecule has 31 heavy (non-hydrogen) atoms. The van der Waals surface area contributed by atoms with E-state index < -0.39 is 0 Å². The molecule has 0 saturated carbocycles. The molecule has 3 aliphatic rings. The van der Waals surface area contributed by atoms with Gasteiger partial charge in [-0.1, -0.05) is 84.1 Å². The van der Waals surface area contributed by atoms with Crippen LogP contribution >= 0.6 is 0 Å². The molecule has 3 aliphatic carbocycles. The molecule has 3 unspecified atom stereocenters. The van der Waals surface area contributed by atoms with E-state index in [1.807, 2.05) is 6.08 Å². The third kappa shape index (κ3) is 3.69. The van der Waals surface area contributed by atoms with E-state index in [1.165, 1.54) is 16.7 Å². The van der Waals surface area contributed by atoms with Gasteiger partial charge >= 0.3 is 0 Å². The Morgan fingerprint density at radius 1 is 1.16 bits per heavy atom. The molecule has 3 atom stereocenters. The normalized spacial score (nSPS) is 26.8. The Kier molecular flexibility index (Phi) is 6.57. The van der Waals surface area contributed by atoms with Crippen LogP contribution in [0.15, 0.2) is 82.3 Å². The van der Waals surface area contributed by atoms with E-state index in [0.717, 1.165) is 36.0 Å². The molecule has 0 bridgehead atoms. The third-order valence-electron chi connectivity index (χ3n) is 8.35. The number of halogens is 1. The van der Waals surface area contributed by atoms with Gasteiger partial charge in [-0.05, 0) is 84.6 Å². The van der Waals surface area contributed by atoms with Crippen LogP contribution in [0, 0.1) is 28.6 Å². The quantitative estimate of drug-likeness (QED) is 0.389. The Bertz CT molecular complexity index is 941. The lowest BCUT2D eigenvalue weighted by atomic mass is 9.53. The molecule has 0 aromatic rings. The van der Waals surface area contributed by atoms with Crippen LogP contribution in [0.25, 0.3) is 0 Å². The van der Waals surface area contributed by atoms with Gasteiger partial charge in [-0.2, -0.15) is 0 Å². The average molecular weight is 421 g/mol. The minimum absolute atomic E-state index is 0.0360. The van der Waals surface area contributed by atoms with Crippen molar-refractivity contribution in [3.8, 4) is 0 Å². The Morgan fingerprint density at radius 2 is 1.84 bits per heavy atom. The van der Waals surface area contributed by atoms with Crippen molar-refractivity contribution < 1.29 is 4.39 Å². The summed E-state index contributed by atoms with van der Waals surface area (Å²) in [5, 5.41) is 0. The van der Waals surface area contributed by atoms with Crippen LogP contribution in [0.1, 0.15) is 74.7 Å². The topological polar surface area (TPSA) is 0 Å². The molecule has 3 rings (SSSR count). The summed E-state index contributed by atoms with van der Waals surface area (Å²) in [6, 6.07) is 0. The van der Waals surface area contributed by atoms with Crippen molar-refractivity contribution >= 4 is 0 Å². The third-order valence-corrected chi connectivity index (χ3v) is 8.35. The molecule has 0 nitrogen and oxygen atoms in total. The Balaban J connectivity index is 2.28. The van der Waals surface area contributed by atoms with Gasteiger partial charge in [0.05, 0.1) is 0 Å². The van der Waals surface area contributed by atoms with Crippen LogP contribution in [-0.2, 0) is 0 Å². The number of allylic oxidation sites excluding steroid dienone is 13. The second kappa shape index (κ2) is 8.57. The lowest BCUT2D eigenvalue weighted by Gasteiger charge is -2.50. The smallest absolute Gasteiger partial charge is 0.123 e. The monoisotopic (exact) mass is 420 g/mol. The van der Waals surface area contributed by atoms with E-state index in [2.05, 4.69) is 92.3 Å². The first-order valence-corrected chi connectivity index (χ1v) is 12.0. The standard InChI is InChI=1S/C30H41F/c1-10-13-22-14-12-15-23-26(22)20(5)27-24(16-17-25(31)28(27)29(23,7)8)30(9,18-11-2)21(6)19(3)4/h10-11,13-14,17-19,21,24H,5,12,15-16H2,1-4,6-9H3/b13-10-,18-11?. The van der Waals surface area contributed by atoms with Gasteiger partial charge in [0, 0.05) is 11.0 Å². The number of hydrogen-bond donors (Lipinski definition) is 0. The molecule has 0 spiro atoms. The summed E-state index contributed by atoms with van der Waals surface area (Å²) < 4.78 is 15.6. The summed E-state index contributed by atoms with van der Waals surface area (Å²) in [5.74, 6) is 1.17. The fourth-order valence-electron chi connectivity index (χ4n) is 6.34. The Hall–Kier alpha value is -1.89. The zero-order chi connectivity index (χ0) is 23.1. The minimum atomic E-state index is -0.329. The molecule has 0 aromatic carbocycles. The molecule has 1 heteroatoms. The zero-order valence-corrected chi connectivity index (χ0v) is 20.9. The first-order chi connectivity index (χ1) is 14.5. The highest BCUT2D eigenvalue weighted by atomic mass is 19.1. The van der Waals surface area contributed by atoms with Gasteiger partial charge in [0.25, 0.3) is 0 Å². The van der Waals surface area contributed by atoms with Crippen LogP contribution in [0.2, 0.25) is 0 Å². The molecule has 0 radical (unpaired) electrons. The van der Waals surface area contributed by atoms with Crippen LogP contribution in [0.4, 0.5) is 4.39 Å². The summed E-state index contributed by atoms with van der Waals surface area (Å²) in [6.07, 6.45) is 15.8. The van der Waals surface area contributed by atoms with Crippen LogP contribution in [0.5, 0.6) is 0 Å². The summed E-state index contributed by atoms with van der Waals surface area (Å²) >= 11 is 0. The second-order valence-electron chi connectivity index (χ2n) is 10.7. The lowest BCUT2D eigenvalue weighted by Crippen LogP contribution is -2.41. The number of hydrogen-bond acceptors (Lipinski definition) is 0. The molecule has 0 fully saturated rings. The van der Waals surface area contributed by atoms with E-state index in [1.54, 1.807) is 0 Å². The molecule has 168 valence electrons. The minimum Gasteiger partial charge on any atom is -0.207 e. The van der Waals surface area contributed by atoms with E-state index in [-0.39, 0.29) is 22.6 Å². The zero-order valence-electron chi connectivity index (χ0n) is 20.9. The molecule has 0 heterocycles. The SMILES string of the molecule is C=C1C2=C(CCC=C2/C=C\C)C(C)(C)C2=C1C(C(C)(C=CC)C(C)C(C)C)CC=C2F. The Labute approximate surface area is 190 Å². The van der Waals surface area contributed by atoms with E-state index in [9.17, 15) is 0 Å². The van der Waals surface area contributed by atoms with Crippen molar-refractivity contribution in [2.75, 3.05) is 0 Å². The molecule has 0 N–H and O–H groups in total. The first-order valence-electron chi connectivity index (χ1n) is 12.0. The molecule has 0 amide bonds. The predicted molar refractivity (Wildman–Crippen MR) is 133 cm³/mol. The van der Waals surface area contributed by atoms with E-state index >= 15 is 4.39 Å². The maximum absolute atomic E-state index is 15.6. The average Bonchev–Trinajstić information content (AvgIpc) is 2.71. The predicted octanol–water partition coefficient (Wildman–Crippen LogP) is 9.22. The fourth-order valence-corrected chi connectivity index (χ4v) is 6.34. The van der Waals surface area contributed by atoms with Crippen molar-refractivity contribution in [3.63, 3.8) is 0 Å². The van der Waals surface area contributed by atoms with Gasteiger partial charge in [0.1, 0.15) is 5.83 Å². The highest BCUT2D eigenvalue weighted by Crippen LogP contribution is 2.60. The second-order valence-corrected chi connectivity index (χ2v) is 10.7. The lowest BCUT2D eigenvalue weighted by molar-refractivity contribution is 0.144. The van der Waals surface area contributed by atoms with Crippen molar-refractivity contribution in [3.05, 3.63) is 82.3 Å². The summed E-state index contributed by atoms with van der Waals surface area (Å²) in [5.41, 5.74) is 6.57.